The molecule has 1 amide bonds. The van der Waals surface area contributed by atoms with Crippen molar-refractivity contribution in [3.63, 3.8) is 0 Å². The molecule has 0 spiro atoms. The van der Waals surface area contributed by atoms with Crippen LogP contribution in [0.3, 0.4) is 0 Å². The number of nitrogens with two attached hydrogens (primary N) is 1. The van der Waals surface area contributed by atoms with Crippen LogP contribution in [0, 0.1) is 5.92 Å². The van der Waals surface area contributed by atoms with Gasteiger partial charge in [-0.15, -0.1) is 0 Å². The third-order valence-corrected chi connectivity index (χ3v) is 3.03. The van der Waals surface area contributed by atoms with Crippen molar-refractivity contribution < 1.29 is 9.90 Å². The number of hydrogen-bond donors (Lipinski definition) is 3. The van der Waals surface area contributed by atoms with Gasteiger partial charge in [-0.25, -0.2) is 0 Å². The minimum absolute atomic E-state index is 0.208. The molecule has 0 aliphatic rings. The zero-order valence-electron chi connectivity index (χ0n) is 11.3. The van der Waals surface area contributed by atoms with Gasteiger partial charge < -0.3 is 16.2 Å². The molecule has 4 N–H and O–H groups in total. The Balaban J connectivity index is 4.45. The molecule has 0 saturated carbocycles. The molecule has 0 unspecified atom stereocenters. The van der Waals surface area contributed by atoms with Gasteiger partial charge >= 0.3 is 0 Å². The predicted octanol–water partition coefficient (Wildman–Crippen LogP) is 1.03. The van der Waals surface area contributed by atoms with E-state index in [1.165, 1.54) is 0 Å². The minimum Gasteiger partial charge on any atom is -0.388 e. The summed E-state index contributed by atoms with van der Waals surface area (Å²) in [4.78, 5) is 11.8. The Hall–Kier alpha value is -0.610. The predicted molar refractivity (Wildman–Crippen MR) is 65.9 cm³/mol. The molecule has 0 aliphatic carbocycles. The zero-order chi connectivity index (χ0) is 13.1. The van der Waals surface area contributed by atoms with Crippen molar-refractivity contribution in [2.24, 2.45) is 11.7 Å². The molecule has 4 nitrogen and oxygen atoms in total. The Morgan fingerprint density at radius 2 is 1.75 bits per heavy atom. The fraction of sp³-hybridized carbons (Fsp3) is 0.917. The molecule has 4 heteroatoms. The maximum atomic E-state index is 11.8. The van der Waals surface area contributed by atoms with E-state index >= 15 is 0 Å². The molecule has 0 aromatic carbocycles. The number of aliphatic hydroxyl groups is 1. The van der Waals surface area contributed by atoms with Gasteiger partial charge in [-0.05, 0) is 40.0 Å². The van der Waals surface area contributed by atoms with Crippen molar-refractivity contribution in [1.29, 1.82) is 0 Å². The van der Waals surface area contributed by atoms with Crippen LogP contribution < -0.4 is 11.1 Å². The fourth-order valence-electron chi connectivity index (χ4n) is 1.17. The third kappa shape index (κ3) is 4.49. The molecule has 0 radical (unpaired) electrons. The average molecular weight is 230 g/mol. The lowest BCUT2D eigenvalue weighted by molar-refractivity contribution is -0.127. The molecule has 0 aromatic heterocycles. The van der Waals surface area contributed by atoms with Crippen LogP contribution in [0.1, 0.15) is 48.0 Å². The number of nitrogens with one attached hydrogen (secondary N) is 1. The summed E-state index contributed by atoms with van der Waals surface area (Å²) in [6.07, 6.45) is 0.647. The van der Waals surface area contributed by atoms with E-state index in [-0.39, 0.29) is 5.91 Å². The molecule has 0 heterocycles. The maximum absolute atomic E-state index is 11.8. The second-order valence-corrected chi connectivity index (χ2v) is 5.91. The van der Waals surface area contributed by atoms with Crippen LogP contribution in [0.5, 0.6) is 0 Å². The molecular weight excluding hydrogens is 204 g/mol. The smallest absolute Gasteiger partial charge is 0.237 e. The van der Waals surface area contributed by atoms with Crippen LogP contribution in [0.15, 0.2) is 0 Å². The Morgan fingerprint density at radius 3 is 2.06 bits per heavy atom. The number of rotatable bonds is 5. The normalized spacial score (nSPS) is 15.1. The third-order valence-electron chi connectivity index (χ3n) is 3.03. The number of carbonyl (C=O) groups is 1. The highest BCUT2D eigenvalue weighted by molar-refractivity contribution is 5.82. The monoisotopic (exact) mass is 230 g/mol. The van der Waals surface area contributed by atoms with Gasteiger partial charge in [0.1, 0.15) is 0 Å². The zero-order valence-corrected chi connectivity index (χ0v) is 11.3. The van der Waals surface area contributed by atoms with Gasteiger partial charge in [-0.3, -0.25) is 4.79 Å². The molecular formula is C12H26N2O2. The Morgan fingerprint density at radius 1 is 1.31 bits per heavy atom. The first kappa shape index (κ1) is 15.4. The van der Waals surface area contributed by atoms with Gasteiger partial charge in [0.15, 0.2) is 0 Å². The highest BCUT2D eigenvalue weighted by atomic mass is 16.3. The van der Waals surface area contributed by atoms with Gasteiger partial charge in [0.25, 0.3) is 0 Å². The Kier molecular flexibility index (Phi) is 4.95. The first-order valence-electron chi connectivity index (χ1n) is 5.77. The minimum atomic E-state index is -0.986. The first-order valence-corrected chi connectivity index (χ1v) is 5.77. The Labute approximate surface area is 98.6 Å². The van der Waals surface area contributed by atoms with Crippen molar-refractivity contribution in [2.75, 3.05) is 0 Å². The lowest BCUT2D eigenvalue weighted by Gasteiger charge is -2.38. The van der Waals surface area contributed by atoms with E-state index in [9.17, 15) is 9.90 Å². The average Bonchev–Trinajstić information content (AvgIpc) is 1.99. The molecule has 0 aliphatic heterocycles. The number of carbonyl (C=O) groups excluding carboxylic acids is 1. The van der Waals surface area contributed by atoms with Crippen LogP contribution in [0.4, 0.5) is 0 Å². The molecule has 96 valence electrons. The second kappa shape index (κ2) is 5.15. The van der Waals surface area contributed by atoms with Gasteiger partial charge in [-0.1, -0.05) is 13.8 Å². The van der Waals surface area contributed by atoms with Crippen LogP contribution in [0.25, 0.3) is 0 Å². The van der Waals surface area contributed by atoms with E-state index in [1.54, 1.807) is 27.7 Å². The highest BCUT2D eigenvalue weighted by Crippen LogP contribution is 2.20. The molecule has 0 saturated heterocycles. The van der Waals surface area contributed by atoms with Crippen molar-refractivity contribution in [2.45, 2.75) is 65.1 Å². The van der Waals surface area contributed by atoms with Gasteiger partial charge in [0, 0.05) is 0 Å². The van der Waals surface area contributed by atoms with Crippen molar-refractivity contribution in [3.05, 3.63) is 0 Å². The molecule has 0 fully saturated rings. The van der Waals surface area contributed by atoms with E-state index in [2.05, 4.69) is 5.32 Å². The summed E-state index contributed by atoms with van der Waals surface area (Å²) in [5.74, 6) is 0.173. The lowest BCUT2D eigenvalue weighted by atomic mass is 9.85. The van der Waals surface area contributed by atoms with E-state index in [0.29, 0.717) is 12.3 Å². The van der Waals surface area contributed by atoms with Crippen LogP contribution in [0.2, 0.25) is 0 Å². The summed E-state index contributed by atoms with van der Waals surface area (Å²) in [6.45, 7) is 10.9. The molecule has 1 atom stereocenters. The maximum Gasteiger partial charge on any atom is 0.237 e. The van der Waals surface area contributed by atoms with E-state index < -0.39 is 17.2 Å². The van der Waals surface area contributed by atoms with Crippen molar-refractivity contribution in [1.82, 2.24) is 5.32 Å². The van der Waals surface area contributed by atoms with Gasteiger partial charge in [0.05, 0.1) is 17.2 Å². The standard InChI is InChI=1S/C12H26N2O2/c1-8(2)7-9(13)10(15)14-11(3,4)12(5,6)16/h8-9,16H,7,13H2,1-6H3,(H,14,15)/t9-/m0/s1. The molecule has 16 heavy (non-hydrogen) atoms. The summed E-state index contributed by atoms with van der Waals surface area (Å²) >= 11 is 0. The van der Waals surface area contributed by atoms with E-state index in [4.69, 9.17) is 5.73 Å². The van der Waals surface area contributed by atoms with Gasteiger partial charge in [-0.2, -0.15) is 0 Å². The van der Waals surface area contributed by atoms with E-state index in [1.807, 2.05) is 13.8 Å². The lowest BCUT2D eigenvalue weighted by Crippen LogP contribution is -2.60. The van der Waals surface area contributed by atoms with Gasteiger partial charge in [0.2, 0.25) is 5.91 Å². The number of amides is 1. The van der Waals surface area contributed by atoms with Crippen LogP contribution in [-0.4, -0.2) is 28.2 Å². The van der Waals surface area contributed by atoms with E-state index in [0.717, 1.165) is 0 Å². The van der Waals surface area contributed by atoms with Crippen molar-refractivity contribution >= 4 is 5.91 Å². The van der Waals surface area contributed by atoms with Crippen LogP contribution in [-0.2, 0) is 4.79 Å². The fourth-order valence-corrected chi connectivity index (χ4v) is 1.17. The van der Waals surface area contributed by atoms with Crippen molar-refractivity contribution in [3.8, 4) is 0 Å². The molecule has 0 rings (SSSR count). The second-order valence-electron chi connectivity index (χ2n) is 5.91. The summed E-state index contributed by atoms with van der Waals surface area (Å²) in [6, 6.07) is -0.512. The Bertz CT molecular complexity index is 242. The summed E-state index contributed by atoms with van der Waals surface area (Å²) in [7, 11) is 0. The quantitative estimate of drug-likeness (QED) is 0.660. The highest BCUT2D eigenvalue weighted by Gasteiger charge is 2.37. The topological polar surface area (TPSA) is 75.4 Å². The SMILES string of the molecule is CC(C)C[C@H](N)C(=O)NC(C)(C)C(C)(C)O. The summed E-state index contributed by atoms with van der Waals surface area (Å²) < 4.78 is 0. The molecule has 0 aromatic rings. The largest absolute Gasteiger partial charge is 0.388 e. The summed E-state index contributed by atoms with van der Waals surface area (Å²) in [5.41, 5.74) is 4.09. The number of hydrogen-bond acceptors (Lipinski definition) is 3. The first-order chi connectivity index (χ1) is 6.97. The summed E-state index contributed by atoms with van der Waals surface area (Å²) in [5, 5.41) is 12.7. The van der Waals surface area contributed by atoms with Crippen LogP contribution >= 0.6 is 0 Å². The molecule has 0 bridgehead atoms.